The van der Waals surface area contributed by atoms with Crippen LogP contribution in [0.4, 0.5) is 4.39 Å². The maximum absolute atomic E-state index is 14.1. The number of carbonyl (C=O) groups excluding carboxylic acids is 1. The van der Waals surface area contributed by atoms with Gasteiger partial charge in [0.25, 0.3) is 0 Å². The molecule has 0 aliphatic heterocycles. The largest absolute Gasteiger partial charge is 0.457 e. The fraction of sp³-hybridized carbons (Fsp3) is 0.158. The Morgan fingerprint density at radius 1 is 1.24 bits per heavy atom. The number of halogens is 2. The minimum Gasteiger partial charge on any atom is -0.457 e. The molecule has 2 aromatic carbocycles. The Labute approximate surface area is 170 Å². The first kappa shape index (κ1) is 21.0. The van der Waals surface area contributed by atoms with E-state index in [0.717, 1.165) is 24.3 Å². The fourth-order valence-corrected chi connectivity index (χ4v) is 3.55. The van der Waals surface area contributed by atoms with Gasteiger partial charge in [-0.25, -0.2) is 27.1 Å². The van der Waals surface area contributed by atoms with Crippen molar-refractivity contribution in [2.24, 2.45) is 0 Å². The number of hydrogen-bond acceptors (Lipinski definition) is 6. The molecule has 1 N–H and O–H groups in total. The highest BCUT2D eigenvalue weighted by Gasteiger charge is 2.20. The lowest BCUT2D eigenvalue weighted by atomic mass is 10.1. The van der Waals surface area contributed by atoms with Crippen molar-refractivity contribution in [3.8, 4) is 0 Å². The fourth-order valence-electron chi connectivity index (χ4n) is 2.63. The van der Waals surface area contributed by atoms with E-state index in [2.05, 4.69) is 4.72 Å². The molecule has 0 bridgehead atoms. The topological polar surface area (TPSA) is 103 Å². The highest BCUT2D eigenvalue weighted by molar-refractivity contribution is 7.89. The standard InChI is InChI=1S/C19H15ClFNO6S/c1-10-5-17-13(8-15(10)20)11(6-18(23)28-17)9-27-19(24)14-7-12(3-4-16(14)21)29(25,26)22-2/h3-8,22H,9H2,1-2H3. The molecule has 152 valence electrons. The number of benzene rings is 2. The Hall–Kier alpha value is -2.75. The molecule has 10 heteroatoms. The number of nitrogens with one attached hydrogen (secondary N) is 1. The lowest BCUT2D eigenvalue weighted by Crippen LogP contribution is -2.19. The van der Waals surface area contributed by atoms with Gasteiger partial charge in [0.2, 0.25) is 10.0 Å². The van der Waals surface area contributed by atoms with Gasteiger partial charge in [0.05, 0.1) is 10.5 Å². The van der Waals surface area contributed by atoms with Crippen molar-refractivity contribution in [3.05, 3.63) is 74.3 Å². The van der Waals surface area contributed by atoms with Gasteiger partial charge in [-0.2, -0.15) is 0 Å². The highest BCUT2D eigenvalue weighted by Crippen LogP contribution is 2.26. The first-order valence-corrected chi connectivity index (χ1v) is 10.1. The van der Waals surface area contributed by atoms with Crippen LogP contribution in [0.1, 0.15) is 21.5 Å². The van der Waals surface area contributed by atoms with Crippen LogP contribution in [0.3, 0.4) is 0 Å². The van der Waals surface area contributed by atoms with E-state index in [-0.39, 0.29) is 17.1 Å². The third kappa shape index (κ3) is 4.31. The number of sulfonamides is 1. The SMILES string of the molecule is CNS(=O)(=O)c1ccc(F)c(C(=O)OCc2cc(=O)oc3cc(C)c(Cl)cc23)c1. The summed E-state index contributed by atoms with van der Waals surface area (Å²) in [4.78, 5) is 23.8. The molecular formula is C19H15ClFNO6S. The van der Waals surface area contributed by atoms with E-state index in [9.17, 15) is 22.4 Å². The number of hydrogen-bond donors (Lipinski definition) is 1. The second-order valence-electron chi connectivity index (χ2n) is 6.11. The second-order valence-corrected chi connectivity index (χ2v) is 8.41. The number of aryl methyl sites for hydroxylation is 1. The minimum atomic E-state index is -3.87. The van der Waals surface area contributed by atoms with E-state index < -0.39 is 33.0 Å². The molecule has 0 amide bonds. The molecule has 0 saturated heterocycles. The molecule has 1 aromatic heterocycles. The summed E-state index contributed by atoms with van der Waals surface area (Å²) in [5.74, 6) is -2.03. The first-order valence-electron chi connectivity index (χ1n) is 8.25. The monoisotopic (exact) mass is 439 g/mol. The van der Waals surface area contributed by atoms with E-state index in [4.69, 9.17) is 20.8 Å². The van der Waals surface area contributed by atoms with Crippen molar-refractivity contribution >= 4 is 38.6 Å². The molecule has 0 atom stereocenters. The number of fused-ring (bicyclic) bond motifs is 1. The van der Waals surface area contributed by atoms with Crippen LogP contribution in [0.15, 0.2) is 50.5 Å². The predicted molar refractivity (Wildman–Crippen MR) is 104 cm³/mol. The van der Waals surface area contributed by atoms with Crippen LogP contribution < -0.4 is 10.3 Å². The van der Waals surface area contributed by atoms with Crippen LogP contribution in [0.2, 0.25) is 5.02 Å². The van der Waals surface area contributed by atoms with E-state index in [1.54, 1.807) is 19.1 Å². The van der Waals surface area contributed by atoms with Gasteiger partial charge in [0, 0.05) is 22.0 Å². The van der Waals surface area contributed by atoms with Crippen molar-refractivity contribution in [2.75, 3.05) is 7.05 Å². The first-order chi connectivity index (χ1) is 13.6. The van der Waals surface area contributed by atoms with Gasteiger partial charge >= 0.3 is 11.6 Å². The summed E-state index contributed by atoms with van der Waals surface area (Å²) in [6, 6.07) is 7.05. The Bertz CT molecular complexity index is 1290. The van der Waals surface area contributed by atoms with E-state index >= 15 is 0 Å². The van der Waals surface area contributed by atoms with Crippen LogP contribution in [0, 0.1) is 12.7 Å². The zero-order valence-electron chi connectivity index (χ0n) is 15.3. The van der Waals surface area contributed by atoms with Crippen molar-refractivity contribution in [1.82, 2.24) is 4.72 Å². The molecule has 0 saturated carbocycles. The second kappa shape index (κ2) is 7.94. The van der Waals surface area contributed by atoms with Crippen LogP contribution >= 0.6 is 11.6 Å². The van der Waals surface area contributed by atoms with Gasteiger partial charge in [-0.3, -0.25) is 0 Å². The molecular weight excluding hydrogens is 425 g/mol. The molecule has 0 aliphatic rings. The minimum absolute atomic E-state index is 0.263. The average molecular weight is 440 g/mol. The Morgan fingerprint density at radius 2 is 1.97 bits per heavy atom. The predicted octanol–water partition coefficient (Wildman–Crippen LogP) is 3.16. The summed E-state index contributed by atoms with van der Waals surface area (Å²) in [5, 5.41) is 0.884. The van der Waals surface area contributed by atoms with Crippen molar-refractivity contribution in [3.63, 3.8) is 0 Å². The van der Waals surface area contributed by atoms with E-state index in [1.165, 1.54) is 7.05 Å². The Kier molecular flexibility index (Phi) is 5.74. The van der Waals surface area contributed by atoms with Gasteiger partial charge in [-0.05, 0) is 49.9 Å². The maximum atomic E-state index is 14.1. The summed E-state index contributed by atoms with van der Waals surface area (Å²) < 4.78 is 50.1. The highest BCUT2D eigenvalue weighted by atomic mass is 35.5. The third-order valence-electron chi connectivity index (χ3n) is 4.20. The van der Waals surface area contributed by atoms with Crippen molar-refractivity contribution in [1.29, 1.82) is 0 Å². The number of esters is 1. The molecule has 7 nitrogen and oxygen atoms in total. The zero-order valence-corrected chi connectivity index (χ0v) is 16.9. The summed E-state index contributed by atoms with van der Waals surface area (Å²) >= 11 is 6.11. The average Bonchev–Trinajstić information content (AvgIpc) is 2.67. The van der Waals surface area contributed by atoms with Crippen molar-refractivity contribution in [2.45, 2.75) is 18.4 Å². The number of rotatable bonds is 5. The van der Waals surface area contributed by atoms with Crippen LogP contribution in [0.5, 0.6) is 0 Å². The van der Waals surface area contributed by atoms with Gasteiger partial charge in [-0.1, -0.05) is 11.6 Å². The molecule has 0 unspecified atom stereocenters. The quantitative estimate of drug-likeness (QED) is 0.484. The molecule has 3 rings (SSSR count). The summed E-state index contributed by atoms with van der Waals surface area (Å²) in [7, 11) is -2.68. The zero-order chi connectivity index (χ0) is 21.3. The lowest BCUT2D eigenvalue weighted by molar-refractivity contribution is 0.0468. The third-order valence-corrected chi connectivity index (χ3v) is 6.02. The molecule has 0 radical (unpaired) electrons. The molecule has 1 heterocycles. The molecule has 29 heavy (non-hydrogen) atoms. The van der Waals surface area contributed by atoms with Crippen LogP contribution in [0.25, 0.3) is 11.0 Å². The summed E-state index contributed by atoms with van der Waals surface area (Å²) in [6.45, 7) is 1.37. The lowest BCUT2D eigenvalue weighted by Gasteiger charge is -2.10. The Morgan fingerprint density at radius 3 is 2.66 bits per heavy atom. The van der Waals surface area contributed by atoms with Crippen LogP contribution in [-0.2, 0) is 21.4 Å². The number of ether oxygens (including phenoxy) is 1. The number of carbonyl (C=O) groups is 1. The van der Waals surface area contributed by atoms with E-state index in [1.807, 2.05) is 0 Å². The molecule has 0 spiro atoms. The van der Waals surface area contributed by atoms with E-state index in [0.29, 0.717) is 21.5 Å². The summed E-state index contributed by atoms with van der Waals surface area (Å²) in [5.41, 5.74) is 0.0618. The normalized spacial score (nSPS) is 11.6. The van der Waals surface area contributed by atoms with Crippen molar-refractivity contribution < 1.29 is 26.8 Å². The molecule has 3 aromatic rings. The van der Waals surface area contributed by atoms with Gasteiger partial charge in [0.1, 0.15) is 18.0 Å². The van der Waals surface area contributed by atoms with Gasteiger partial charge in [-0.15, -0.1) is 0 Å². The van der Waals surface area contributed by atoms with Gasteiger partial charge < -0.3 is 9.15 Å². The Balaban J connectivity index is 1.93. The molecule has 0 aliphatic carbocycles. The summed E-state index contributed by atoms with van der Waals surface area (Å²) in [6.07, 6.45) is 0. The molecule has 0 fully saturated rings. The maximum Gasteiger partial charge on any atom is 0.341 e. The van der Waals surface area contributed by atoms with Gasteiger partial charge in [0.15, 0.2) is 0 Å². The van der Waals surface area contributed by atoms with Crippen LogP contribution in [-0.4, -0.2) is 21.4 Å². The smallest absolute Gasteiger partial charge is 0.341 e.